The van der Waals surface area contributed by atoms with Gasteiger partial charge in [-0.3, -0.25) is 19.3 Å². The number of rotatable bonds is 11. The van der Waals surface area contributed by atoms with Crippen molar-refractivity contribution in [3.05, 3.63) is 27.7 Å². The minimum Gasteiger partial charge on any atom is -0.466 e. The van der Waals surface area contributed by atoms with E-state index < -0.39 is 11.4 Å². The number of hydrogen-bond donors (Lipinski definition) is 1. The minimum atomic E-state index is -0.779. The molecule has 1 aromatic rings. The van der Waals surface area contributed by atoms with Crippen molar-refractivity contribution in [1.29, 1.82) is 0 Å². The SMILES string of the molecule is CCOC(=O)CCNC(=O)SN(CC(C)C)n1nc(CCN2CCC(F)C2)c(C)cc1=O. The zero-order valence-electron chi connectivity index (χ0n) is 19.3. The van der Waals surface area contributed by atoms with Crippen LogP contribution in [0.1, 0.15) is 44.9 Å². The maximum Gasteiger partial charge on any atom is 0.307 e. The fourth-order valence-electron chi connectivity index (χ4n) is 3.32. The third-order valence-corrected chi connectivity index (χ3v) is 5.74. The molecule has 1 aliphatic heterocycles. The molecule has 0 radical (unpaired) electrons. The van der Waals surface area contributed by atoms with Crippen LogP contribution in [-0.4, -0.2) is 71.5 Å². The quantitative estimate of drug-likeness (QED) is 0.387. The maximum atomic E-state index is 13.4. The number of likely N-dealkylation sites (tertiary alicyclic amines) is 1. The first-order valence-corrected chi connectivity index (χ1v) is 11.8. The van der Waals surface area contributed by atoms with Gasteiger partial charge in [0.1, 0.15) is 6.17 Å². The molecule has 180 valence electrons. The number of halogens is 1. The van der Waals surface area contributed by atoms with Gasteiger partial charge in [-0.2, -0.15) is 5.10 Å². The summed E-state index contributed by atoms with van der Waals surface area (Å²) in [4.78, 5) is 39.8. The average molecular weight is 472 g/mol. The molecule has 0 bridgehead atoms. The van der Waals surface area contributed by atoms with Gasteiger partial charge >= 0.3 is 11.2 Å². The Morgan fingerprint density at radius 2 is 2.19 bits per heavy atom. The predicted octanol–water partition coefficient (Wildman–Crippen LogP) is 2.04. The van der Waals surface area contributed by atoms with Crippen LogP contribution in [0.5, 0.6) is 0 Å². The van der Waals surface area contributed by atoms with E-state index in [1.54, 1.807) is 6.92 Å². The standard InChI is InChI=1S/C21H34FN5O4S/c1-5-31-20(29)6-9-23-21(30)32-26(13-15(2)3)27-19(28)12-16(4)18(24-27)8-11-25-10-7-17(22)14-25/h12,15,17H,5-11,13-14H2,1-4H3,(H,23,30). The van der Waals surface area contributed by atoms with Crippen molar-refractivity contribution in [1.82, 2.24) is 20.1 Å². The predicted molar refractivity (Wildman–Crippen MR) is 123 cm³/mol. The number of alkyl halides is 1. The first-order valence-electron chi connectivity index (χ1n) is 11.0. The average Bonchev–Trinajstić information content (AvgIpc) is 3.12. The summed E-state index contributed by atoms with van der Waals surface area (Å²) in [5.74, 6) is -0.214. The van der Waals surface area contributed by atoms with E-state index in [2.05, 4.69) is 15.3 Å². The highest BCUT2D eigenvalue weighted by molar-refractivity contribution is 8.14. The van der Waals surface area contributed by atoms with Gasteiger partial charge in [-0.15, -0.1) is 4.79 Å². The van der Waals surface area contributed by atoms with Crippen LogP contribution >= 0.6 is 11.9 Å². The van der Waals surface area contributed by atoms with Gasteiger partial charge in [-0.05, 0) is 31.7 Å². The van der Waals surface area contributed by atoms with E-state index in [-0.39, 0.29) is 30.4 Å². The molecule has 0 aromatic carbocycles. The summed E-state index contributed by atoms with van der Waals surface area (Å²) in [6.07, 6.45) is 0.437. The Labute approximate surface area is 192 Å². The first kappa shape index (κ1) is 26.1. The molecule has 1 atom stereocenters. The van der Waals surface area contributed by atoms with E-state index in [0.717, 1.165) is 29.8 Å². The van der Waals surface area contributed by atoms with E-state index >= 15 is 0 Å². The fourth-order valence-corrected chi connectivity index (χ4v) is 4.25. The molecule has 1 aromatic heterocycles. The molecule has 9 nitrogen and oxygen atoms in total. The van der Waals surface area contributed by atoms with Crippen molar-refractivity contribution >= 4 is 23.2 Å². The van der Waals surface area contributed by atoms with Gasteiger partial charge in [-0.25, -0.2) is 8.80 Å². The molecule has 2 heterocycles. The number of amides is 1. The van der Waals surface area contributed by atoms with Gasteiger partial charge in [-0.1, -0.05) is 13.8 Å². The molecule has 32 heavy (non-hydrogen) atoms. The van der Waals surface area contributed by atoms with Crippen molar-refractivity contribution in [2.24, 2.45) is 5.92 Å². The molecule has 1 aliphatic rings. The van der Waals surface area contributed by atoms with Crippen LogP contribution in [0.25, 0.3) is 0 Å². The molecule has 11 heteroatoms. The molecule has 0 spiro atoms. The number of nitrogens with one attached hydrogen (secondary N) is 1. The van der Waals surface area contributed by atoms with Crippen LogP contribution in [0.3, 0.4) is 0 Å². The van der Waals surface area contributed by atoms with Gasteiger partial charge in [0.2, 0.25) is 0 Å². The van der Waals surface area contributed by atoms with E-state index in [4.69, 9.17) is 4.74 Å². The summed E-state index contributed by atoms with van der Waals surface area (Å²) in [5, 5.41) is 6.79. The molecule has 1 saturated heterocycles. The molecule has 1 amide bonds. The van der Waals surface area contributed by atoms with Gasteiger partial charge in [0.25, 0.3) is 5.56 Å². The molecule has 0 aliphatic carbocycles. The number of nitrogens with zero attached hydrogens (tertiary/aromatic N) is 4. The van der Waals surface area contributed by atoms with Crippen molar-refractivity contribution in [2.75, 3.05) is 43.7 Å². The summed E-state index contributed by atoms with van der Waals surface area (Å²) >= 11 is 0.835. The molecule has 0 saturated carbocycles. The summed E-state index contributed by atoms with van der Waals surface area (Å²) in [6, 6.07) is 1.51. The largest absolute Gasteiger partial charge is 0.466 e. The first-order chi connectivity index (χ1) is 15.2. The molecule has 1 N–H and O–H groups in total. The van der Waals surface area contributed by atoms with Crippen molar-refractivity contribution in [3.8, 4) is 0 Å². The van der Waals surface area contributed by atoms with Crippen molar-refractivity contribution < 1.29 is 18.7 Å². The number of esters is 1. The Hall–Kier alpha value is -2.14. The summed E-state index contributed by atoms with van der Waals surface area (Å²) in [5.41, 5.74) is 1.18. The molecule has 1 unspecified atom stereocenters. The second-order valence-electron chi connectivity index (χ2n) is 8.23. The monoisotopic (exact) mass is 471 g/mol. The number of aryl methyl sites for hydroxylation is 1. The Kier molecular flexibility index (Phi) is 10.4. The molecule has 2 rings (SSSR count). The summed E-state index contributed by atoms with van der Waals surface area (Å²) < 4.78 is 19.8. The summed E-state index contributed by atoms with van der Waals surface area (Å²) in [7, 11) is 0. The topological polar surface area (TPSA) is 96.8 Å². The molecular formula is C21H34FN5O4S. The van der Waals surface area contributed by atoms with Crippen LogP contribution in [0.2, 0.25) is 0 Å². The minimum absolute atomic E-state index is 0.0768. The van der Waals surface area contributed by atoms with Crippen molar-refractivity contribution in [2.45, 2.75) is 53.1 Å². The number of aromatic nitrogens is 2. The number of carbonyl (C=O) groups excluding carboxylic acids is 2. The zero-order chi connectivity index (χ0) is 23.7. The lowest BCUT2D eigenvalue weighted by Crippen LogP contribution is -2.44. The highest BCUT2D eigenvalue weighted by Gasteiger charge is 2.22. The van der Waals surface area contributed by atoms with Crippen molar-refractivity contribution in [3.63, 3.8) is 0 Å². The van der Waals surface area contributed by atoms with Gasteiger partial charge in [0, 0.05) is 38.7 Å². The highest BCUT2D eigenvalue weighted by Crippen LogP contribution is 2.15. The van der Waals surface area contributed by atoms with E-state index in [0.29, 0.717) is 39.1 Å². The van der Waals surface area contributed by atoms with Gasteiger partial charge in [0.15, 0.2) is 0 Å². The second kappa shape index (κ2) is 12.8. The smallest absolute Gasteiger partial charge is 0.307 e. The maximum absolute atomic E-state index is 13.4. The van der Waals surface area contributed by atoms with Gasteiger partial charge in [0.05, 0.1) is 37.2 Å². The Morgan fingerprint density at radius 3 is 2.81 bits per heavy atom. The van der Waals surface area contributed by atoms with Crippen LogP contribution in [-0.2, 0) is 16.0 Å². The third kappa shape index (κ3) is 8.42. The Morgan fingerprint density at radius 1 is 1.44 bits per heavy atom. The van der Waals surface area contributed by atoms with Crippen LogP contribution in [0.4, 0.5) is 9.18 Å². The normalized spacial score (nSPS) is 16.4. The Balaban J connectivity index is 2.07. The molecule has 1 fully saturated rings. The van der Waals surface area contributed by atoms with E-state index in [1.165, 1.54) is 15.3 Å². The number of hydrogen-bond acceptors (Lipinski definition) is 8. The lowest BCUT2D eigenvalue weighted by atomic mass is 10.2. The second-order valence-corrected chi connectivity index (χ2v) is 9.20. The van der Waals surface area contributed by atoms with E-state index in [9.17, 15) is 18.8 Å². The number of ether oxygens (including phenoxy) is 1. The van der Waals surface area contributed by atoms with Crippen LogP contribution in [0.15, 0.2) is 10.9 Å². The fraction of sp³-hybridized carbons (Fsp3) is 0.714. The highest BCUT2D eigenvalue weighted by atomic mass is 32.2. The zero-order valence-corrected chi connectivity index (χ0v) is 20.1. The third-order valence-electron chi connectivity index (χ3n) is 4.91. The molecular weight excluding hydrogens is 437 g/mol. The van der Waals surface area contributed by atoms with E-state index in [1.807, 2.05) is 20.8 Å². The number of carbonyl (C=O) groups is 2. The summed E-state index contributed by atoms with van der Waals surface area (Å²) in [6.45, 7) is 10.2. The Bertz CT molecular complexity index is 835. The van der Waals surface area contributed by atoms with Gasteiger partial charge < -0.3 is 10.1 Å². The van der Waals surface area contributed by atoms with Crippen LogP contribution in [0, 0.1) is 12.8 Å². The lowest BCUT2D eigenvalue weighted by Gasteiger charge is -2.25. The lowest BCUT2D eigenvalue weighted by molar-refractivity contribution is -0.142. The van der Waals surface area contributed by atoms with Crippen LogP contribution < -0.4 is 15.3 Å².